The van der Waals surface area contributed by atoms with Crippen molar-refractivity contribution < 1.29 is 26.8 Å². The van der Waals surface area contributed by atoms with Crippen molar-refractivity contribution in [3.63, 3.8) is 0 Å². The van der Waals surface area contributed by atoms with Crippen molar-refractivity contribution in [1.29, 1.82) is 0 Å². The predicted molar refractivity (Wildman–Crippen MR) is 108 cm³/mol. The van der Waals surface area contributed by atoms with E-state index in [2.05, 4.69) is 10.4 Å². The Kier molecular flexibility index (Phi) is 4.75. The van der Waals surface area contributed by atoms with Gasteiger partial charge in [-0.15, -0.1) is 0 Å². The van der Waals surface area contributed by atoms with Crippen molar-refractivity contribution in [1.82, 2.24) is 9.78 Å². The summed E-state index contributed by atoms with van der Waals surface area (Å²) in [7, 11) is 0. The first-order chi connectivity index (χ1) is 15.2. The maximum Gasteiger partial charge on any atom is 0.410 e. The fourth-order valence-electron chi connectivity index (χ4n) is 4.51. The zero-order valence-corrected chi connectivity index (χ0v) is 17.1. The molecule has 32 heavy (non-hydrogen) atoms. The zero-order valence-electron chi connectivity index (χ0n) is 17.1. The number of fused-ring (bicyclic) bond motifs is 2. The molecule has 3 atom stereocenters. The lowest BCUT2D eigenvalue weighted by Gasteiger charge is -2.34. The van der Waals surface area contributed by atoms with E-state index in [1.807, 2.05) is 6.92 Å². The van der Waals surface area contributed by atoms with E-state index in [-0.39, 0.29) is 24.0 Å². The number of nitrogens with zero attached hydrogens (tertiary/aromatic N) is 3. The quantitative estimate of drug-likeness (QED) is 0.544. The summed E-state index contributed by atoms with van der Waals surface area (Å²) in [4.78, 5) is 14.9. The summed E-state index contributed by atoms with van der Waals surface area (Å²) in [6.07, 6.45) is -2.25. The molecule has 6 nitrogen and oxygen atoms in total. The fourth-order valence-corrected chi connectivity index (χ4v) is 4.51. The minimum absolute atomic E-state index is 0.0901. The number of aromatic nitrogens is 2. The van der Waals surface area contributed by atoms with Gasteiger partial charge in [-0.1, -0.05) is 0 Å². The van der Waals surface area contributed by atoms with Crippen LogP contribution in [0.4, 0.5) is 29.1 Å². The Hall–Kier alpha value is -3.30. The van der Waals surface area contributed by atoms with Crippen LogP contribution in [-0.4, -0.2) is 27.9 Å². The van der Waals surface area contributed by atoms with Gasteiger partial charge in [-0.25, -0.2) is 9.07 Å². The van der Waals surface area contributed by atoms with Crippen LogP contribution in [0.25, 0.3) is 0 Å². The molecule has 168 valence electrons. The summed E-state index contributed by atoms with van der Waals surface area (Å²) in [5.74, 6) is -0.457. The number of hydrogen-bond donors (Lipinski definition) is 1. The number of benzene rings is 1. The Morgan fingerprint density at radius 3 is 2.78 bits per heavy atom. The molecule has 0 unspecified atom stereocenters. The first-order valence-corrected chi connectivity index (χ1v) is 10.3. The van der Waals surface area contributed by atoms with Gasteiger partial charge in [-0.3, -0.25) is 4.79 Å². The van der Waals surface area contributed by atoms with Gasteiger partial charge in [-0.05, 0) is 55.7 Å². The second-order valence-electron chi connectivity index (χ2n) is 8.20. The van der Waals surface area contributed by atoms with Gasteiger partial charge in [0.1, 0.15) is 17.4 Å². The smallest absolute Gasteiger partial charge is 0.410 e. The van der Waals surface area contributed by atoms with Crippen LogP contribution in [0.15, 0.2) is 47.1 Å². The van der Waals surface area contributed by atoms with E-state index in [1.165, 1.54) is 35.4 Å². The zero-order chi connectivity index (χ0) is 22.6. The molecular weight excluding hydrogens is 428 g/mol. The number of furan rings is 1. The molecule has 0 aliphatic carbocycles. The number of halogens is 4. The van der Waals surface area contributed by atoms with Gasteiger partial charge in [0.15, 0.2) is 11.7 Å². The van der Waals surface area contributed by atoms with E-state index in [1.54, 1.807) is 12.1 Å². The second kappa shape index (κ2) is 7.39. The Morgan fingerprint density at radius 1 is 1.25 bits per heavy atom. The highest BCUT2D eigenvalue weighted by Gasteiger charge is 2.47. The van der Waals surface area contributed by atoms with Crippen molar-refractivity contribution in [2.75, 3.05) is 10.2 Å². The average molecular weight is 448 g/mol. The van der Waals surface area contributed by atoms with Crippen LogP contribution in [0.5, 0.6) is 0 Å². The molecule has 10 heteroatoms. The predicted octanol–water partition coefficient (Wildman–Crippen LogP) is 5.26. The van der Waals surface area contributed by atoms with Gasteiger partial charge < -0.3 is 14.6 Å². The highest BCUT2D eigenvalue weighted by molar-refractivity contribution is 6.06. The number of carbonyl (C=O) groups excluding carboxylic acids is 1. The summed E-state index contributed by atoms with van der Waals surface area (Å²) in [6.45, 7) is 1.85. The highest BCUT2D eigenvalue weighted by atomic mass is 19.4. The van der Waals surface area contributed by atoms with Crippen LogP contribution < -0.4 is 10.2 Å². The van der Waals surface area contributed by atoms with Crippen LogP contribution in [0.3, 0.4) is 0 Å². The topological polar surface area (TPSA) is 63.3 Å². The number of hydrogen-bond acceptors (Lipinski definition) is 4. The van der Waals surface area contributed by atoms with Crippen molar-refractivity contribution in [3.05, 3.63) is 65.5 Å². The standard InChI is InChI=1S/C22H20F4N4O2/c1-12-4-5-13-9-14(23)6-7-17(13)29(12)21(31)16-11-20-27-15(18-3-2-8-32-18)10-19(22(24,25)26)30(20)28-16/h2-3,6-9,11-12,15,19,27H,4-5,10H2,1H3/t12-,15+,19+/m1/s1. The molecular formula is C22H20F4N4O2. The van der Waals surface area contributed by atoms with Crippen molar-refractivity contribution in [2.24, 2.45) is 0 Å². The summed E-state index contributed by atoms with van der Waals surface area (Å²) >= 11 is 0. The Balaban J connectivity index is 1.52. The Labute approximate surface area is 180 Å². The van der Waals surface area contributed by atoms with E-state index in [0.717, 1.165) is 4.68 Å². The van der Waals surface area contributed by atoms with Crippen LogP contribution in [0, 0.1) is 5.82 Å². The summed E-state index contributed by atoms with van der Waals surface area (Å²) < 4.78 is 61.3. The van der Waals surface area contributed by atoms with Gasteiger partial charge in [-0.2, -0.15) is 18.3 Å². The number of nitrogens with one attached hydrogen (secondary N) is 1. The summed E-state index contributed by atoms with van der Waals surface area (Å²) in [5.41, 5.74) is 1.13. The van der Waals surface area contributed by atoms with Crippen molar-refractivity contribution >= 4 is 17.4 Å². The molecule has 0 fully saturated rings. The molecule has 0 saturated heterocycles. The van der Waals surface area contributed by atoms with E-state index in [4.69, 9.17) is 4.42 Å². The van der Waals surface area contributed by atoms with Crippen LogP contribution >= 0.6 is 0 Å². The Bertz CT molecular complexity index is 1160. The molecule has 2 aliphatic rings. The third-order valence-electron chi connectivity index (χ3n) is 6.09. The number of amides is 1. The molecule has 2 aliphatic heterocycles. The van der Waals surface area contributed by atoms with E-state index in [9.17, 15) is 22.4 Å². The van der Waals surface area contributed by atoms with Gasteiger partial charge in [0.2, 0.25) is 0 Å². The molecule has 0 bridgehead atoms. The third kappa shape index (κ3) is 3.43. The third-order valence-corrected chi connectivity index (χ3v) is 6.09. The largest absolute Gasteiger partial charge is 0.467 e. The lowest BCUT2D eigenvalue weighted by atomic mass is 9.96. The molecule has 4 heterocycles. The molecule has 1 aromatic carbocycles. The number of anilines is 2. The SMILES string of the molecule is C[C@@H]1CCc2cc(F)ccc2N1C(=O)c1cc2n(n1)[C@H](C(F)(F)F)C[C@@H](c1ccco1)N2. The van der Waals surface area contributed by atoms with Gasteiger partial charge in [0, 0.05) is 24.2 Å². The van der Waals surface area contributed by atoms with Crippen molar-refractivity contribution in [2.45, 2.75) is 50.5 Å². The number of rotatable bonds is 2. The van der Waals surface area contributed by atoms with Gasteiger partial charge in [0.25, 0.3) is 5.91 Å². The lowest BCUT2D eigenvalue weighted by Crippen LogP contribution is -2.42. The first kappa shape index (κ1) is 20.6. The minimum Gasteiger partial charge on any atom is -0.467 e. The summed E-state index contributed by atoms with van der Waals surface area (Å²) in [5, 5.41) is 7.06. The summed E-state index contributed by atoms with van der Waals surface area (Å²) in [6, 6.07) is 5.91. The van der Waals surface area contributed by atoms with E-state index >= 15 is 0 Å². The molecule has 0 radical (unpaired) electrons. The average Bonchev–Trinajstić information content (AvgIpc) is 3.41. The lowest BCUT2D eigenvalue weighted by molar-refractivity contribution is -0.174. The van der Waals surface area contributed by atoms with Crippen LogP contribution in [0.1, 0.15) is 53.7 Å². The molecule has 2 aromatic heterocycles. The minimum atomic E-state index is -4.56. The molecule has 3 aromatic rings. The van der Waals surface area contributed by atoms with Crippen LogP contribution in [-0.2, 0) is 6.42 Å². The maximum absolute atomic E-state index is 13.8. The normalized spacial score (nSPS) is 22.8. The molecule has 1 N–H and O–H groups in total. The number of aryl methyl sites for hydroxylation is 1. The maximum atomic E-state index is 13.8. The first-order valence-electron chi connectivity index (χ1n) is 10.3. The molecule has 0 saturated carbocycles. The van der Waals surface area contributed by atoms with Gasteiger partial charge in [0.05, 0.1) is 12.3 Å². The van der Waals surface area contributed by atoms with Crippen LogP contribution in [0.2, 0.25) is 0 Å². The van der Waals surface area contributed by atoms with E-state index in [0.29, 0.717) is 29.9 Å². The molecule has 5 rings (SSSR count). The fraction of sp³-hybridized carbons (Fsp3) is 0.364. The van der Waals surface area contributed by atoms with Gasteiger partial charge >= 0.3 is 6.18 Å². The number of carbonyl (C=O) groups is 1. The highest BCUT2D eigenvalue weighted by Crippen LogP contribution is 2.44. The van der Waals surface area contributed by atoms with Crippen molar-refractivity contribution in [3.8, 4) is 0 Å². The van der Waals surface area contributed by atoms with E-state index < -0.39 is 30.0 Å². The monoisotopic (exact) mass is 448 g/mol. The number of alkyl halides is 3. The molecule has 0 spiro atoms. The second-order valence-corrected chi connectivity index (χ2v) is 8.20. The molecule has 1 amide bonds. The Morgan fingerprint density at radius 2 is 2.06 bits per heavy atom.